The van der Waals surface area contributed by atoms with E-state index >= 15 is 0 Å². The minimum atomic E-state index is -0.222. The zero-order valence-electron chi connectivity index (χ0n) is 10.8. The molecule has 0 aliphatic heterocycles. The van der Waals surface area contributed by atoms with Crippen LogP contribution < -0.4 is 5.32 Å². The molecule has 0 fully saturated rings. The summed E-state index contributed by atoms with van der Waals surface area (Å²) < 4.78 is 0.697. The third kappa shape index (κ3) is 2.91. The molecule has 0 spiro atoms. The fourth-order valence-corrected chi connectivity index (χ4v) is 2.68. The lowest BCUT2D eigenvalue weighted by Gasteiger charge is -2.09. The van der Waals surface area contributed by atoms with Crippen molar-refractivity contribution in [3.05, 3.63) is 69.9 Å². The zero-order chi connectivity index (χ0) is 14.8. The molecule has 0 aliphatic carbocycles. The number of aromatic nitrogens is 1. The van der Waals surface area contributed by atoms with Crippen LogP contribution in [0.1, 0.15) is 10.4 Å². The van der Waals surface area contributed by atoms with Gasteiger partial charge in [-0.3, -0.25) is 9.78 Å². The first-order valence-electron chi connectivity index (χ1n) is 6.24. The predicted molar refractivity (Wildman–Crippen MR) is 88.8 cm³/mol. The van der Waals surface area contributed by atoms with E-state index in [0.29, 0.717) is 15.1 Å². The minimum absolute atomic E-state index is 0.222. The SMILES string of the molecule is O=C(Nc1cccc2ccncc12)c1cc(Cl)ccc1Br. The first kappa shape index (κ1) is 14.0. The normalized spacial score (nSPS) is 10.6. The van der Waals surface area contributed by atoms with Crippen molar-refractivity contribution in [2.75, 3.05) is 5.32 Å². The highest BCUT2D eigenvalue weighted by molar-refractivity contribution is 9.10. The Labute approximate surface area is 135 Å². The molecule has 1 aromatic heterocycles. The van der Waals surface area contributed by atoms with Crippen LogP contribution in [0.4, 0.5) is 5.69 Å². The molecule has 3 aromatic rings. The van der Waals surface area contributed by atoms with Gasteiger partial charge in [-0.15, -0.1) is 0 Å². The number of nitrogens with one attached hydrogen (secondary N) is 1. The van der Waals surface area contributed by atoms with Gasteiger partial charge in [0.1, 0.15) is 0 Å². The first-order chi connectivity index (χ1) is 10.1. The van der Waals surface area contributed by atoms with Crippen molar-refractivity contribution in [3.8, 4) is 0 Å². The van der Waals surface area contributed by atoms with Gasteiger partial charge < -0.3 is 5.32 Å². The van der Waals surface area contributed by atoms with Gasteiger partial charge in [0.2, 0.25) is 0 Å². The van der Waals surface area contributed by atoms with Gasteiger partial charge in [0.25, 0.3) is 5.91 Å². The molecule has 5 heteroatoms. The molecule has 0 saturated carbocycles. The lowest BCUT2D eigenvalue weighted by molar-refractivity contribution is 0.102. The zero-order valence-corrected chi connectivity index (χ0v) is 13.1. The highest BCUT2D eigenvalue weighted by Crippen LogP contribution is 2.25. The Morgan fingerprint density at radius 1 is 1.19 bits per heavy atom. The van der Waals surface area contributed by atoms with Crippen LogP contribution in [0.5, 0.6) is 0 Å². The number of benzene rings is 2. The molecule has 21 heavy (non-hydrogen) atoms. The average Bonchev–Trinajstić information content (AvgIpc) is 2.50. The summed E-state index contributed by atoms with van der Waals surface area (Å²) in [6.07, 6.45) is 3.46. The summed E-state index contributed by atoms with van der Waals surface area (Å²) in [6, 6.07) is 12.7. The predicted octanol–water partition coefficient (Wildman–Crippen LogP) is 4.90. The Morgan fingerprint density at radius 2 is 2.05 bits per heavy atom. The minimum Gasteiger partial charge on any atom is -0.321 e. The lowest BCUT2D eigenvalue weighted by atomic mass is 10.1. The molecule has 3 rings (SSSR count). The molecule has 3 nitrogen and oxygen atoms in total. The number of amides is 1. The van der Waals surface area contributed by atoms with Crippen molar-refractivity contribution in [2.45, 2.75) is 0 Å². The summed E-state index contributed by atoms with van der Waals surface area (Å²) in [5.41, 5.74) is 1.21. The van der Waals surface area contributed by atoms with Gasteiger partial charge in [-0.2, -0.15) is 0 Å². The van der Waals surface area contributed by atoms with E-state index in [4.69, 9.17) is 11.6 Å². The molecule has 0 radical (unpaired) electrons. The van der Waals surface area contributed by atoms with E-state index in [1.165, 1.54) is 0 Å². The van der Waals surface area contributed by atoms with E-state index in [1.54, 1.807) is 30.6 Å². The molecular formula is C16H10BrClN2O. The first-order valence-corrected chi connectivity index (χ1v) is 7.41. The van der Waals surface area contributed by atoms with Crippen LogP contribution in [0, 0.1) is 0 Å². The van der Waals surface area contributed by atoms with Gasteiger partial charge >= 0.3 is 0 Å². The smallest absolute Gasteiger partial charge is 0.256 e. The van der Waals surface area contributed by atoms with E-state index in [0.717, 1.165) is 16.5 Å². The number of carbonyl (C=O) groups excluding carboxylic acids is 1. The van der Waals surface area contributed by atoms with Crippen LogP contribution in [0.3, 0.4) is 0 Å². The number of anilines is 1. The van der Waals surface area contributed by atoms with Gasteiger partial charge in [-0.25, -0.2) is 0 Å². The fraction of sp³-hybridized carbons (Fsp3) is 0. The topological polar surface area (TPSA) is 42.0 Å². The van der Waals surface area contributed by atoms with Gasteiger partial charge in [0, 0.05) is 27.3 Å². The largest absolute Gasteiger partial charge is 0.321 e. The lowest BCUT2D eigenvalue weighted by Crippen LogP contribution is -2.12. The van der Waals surface area contributed by atoms with Crippen molar-refractivity contribution < 1.29 is 4.79 Å². The molecule has 0 bridgehead atoms. The summed E-state index contributed by atoms with van der Waals surface area (Å²) in [5.74, 6) is -0.222. The van der Waals surface area contributed by atoms with Crippen molar-refractivity contribution in [3.63, 3.8) is 0 Å². The Morgan fingerprint density at radius 3 is 2.90 bits per heavy atom. The maximum Gasteiger partial charge on any atom is 0.256 e. The van der Waals surface area contributed by atoms with Gasteiger partial charge in [0.15, 0.2) is 0 Å². The van der Waals surface area contributed by atoms with Crippen LogP contribution in [0.25, 0.3) is 10.8 Å². The maximum absolute atomic E-state index is 12.4. The van der Waals surface area contributed by atoms with Crippen molar-refractivity contribution in [1.29, 1.82) is 0 Å². The molecule has 0 unspecified atom stereocenters. The fourth-order valence-electron chi connectivity index (χ4n) is 2.08. The van der Waals surface area contributed by atoms with Gasteiger partial charge in [0.05, 0.1) is 11.3 Å². The molecule has 0 saturated heterocycles. The number of rotatable bonds is 2. The number of halogens is 2. The highest BCUT2D eigenvalue weighted by Gasteiger charge is 2.12. The number of pyridine rings is 1. The van der Waals surface area contributed by atoms with Crippen LogP contribution in [0.15, 0.2) is 59.3 Å². The molecule has 104 valence electrons. The van der Waals surface area contributed by atoms with Crippen LogP contribution in [0.2, 0.25) is 5.02 Å². The highest BCUT2D eigenvalue weighted by atomic mass is 79.9. The van der Waals surface area contributed by atoms with Gasteiger partial charge in [-0.1, -0.05) is 23.7 Å². The number of hydrogen-bond donors (Lipinski definition) is 1. The number of nitrogens with zero attached hydrogens (tertiary/aromatic N) is 1. The number of fused-ring (bicyclic) bond motifs is 1. The van der Waals surface area contributed by atoms with E-state index < -0.39 is 0 Å². The van der Waals surface area contributed by atoms with E-state index in [-0.39, 0.29) is 5.91 Å². The Balaban J connectivity index is 1.99. The second-order valence-corrected chi connectivity index (χ2v) is 5.77. The molecule has 1 N–H and O–H groups in total. The summed E-state index contributed by atoms with van der Waals surface area (Å²) in [5, 5.41) is 5.33. The molecule has 1 amide bonds. The molecule has 0 aliphatic rings. The third-order valence-electron chi connectivity index (χ3n) is 3.10. The van der Waals surface area contributed by atoms with E-state index in [1.807, 2.05) is 24.3 Å². The Hall–Kier alpha value is -1.91. The quantitative estimate of drug-likeness (QED) is 0.705. The second kappa shape index (κ2) is 5.84. The third-order valence-corrected chi connectivity index (χ3v) is 4.03. The average molecular weight is 362 g/mol. The summed E-state index contributed by atoms with van der Waals surface area (Å²) in [7, 11) is 0. The monoisotopic (exact) mass is 360 g/mol. The van der Waals surface area contributed by atoms with Crippen LogP contribution >= 0.6 is 27.5 Å². The molecule has 2 aromatic carbocycles. The molecule has 1 heterocycles. The standard InChI is InChI=1S/C16H10BrClN2O/c17-14-5-4-11(18)8-12(14)16(21)20-15-3-1-2-10-6-7-19-9-13(10)15/h1-9H,(H,20,21). The Bertz CT molecular complexity index is 830. The van der Waals surface area contributed by atoms with E-state index in [2.05, 4.69) is 26.2 Å². The van der Waals surface area contributed by atoms with Gasteiger partial charge in [-0.05, 0) is 51.6 Å². The summed E-state index contributed by atoms with van der Waals surface area (Å²) in [4.78, 5) is 16.5. The summed E-state index contributed by atoms with van der Waals surface area (Å²) >= 11 is 9.31. The second-order valence-electron chi connectivity index (χ2n) is 4.48. The molecule has 0 atom stereocenters. The van der Waals surface area contributed by atoms with Crippen LogP contribution in [-0.4, -0.2) is 10.9 Å². The van der Waals surface area contributed by atoms with Crippen molar-refractivity contribution >= 4 is 49.9 Å². The number of hydrogen-bond acceptors (Lipinski definition) is 2. The van der Waals surface area contributed by atoms with Crippen LogP contribution in [-0.2, 0) is 0 Å². The Kier molecular flexibility index (Phi) is 3.90. The number of carbonyl (C=O) groups is 1. The van der Waals surface area contributed by atoms with Crippen molar-refractivity contribution in [1.82, 2.24) is 4.98 Å². The summed E-state index contributed by atoms with van der Waals surface area (Å²) in [6.45, 7) is 0. The molecular weight excluding hydrogens is 352 g/mol. The van der Waals surface area contributed by atoms with Crippen molar-refractivity contribution in [2.24, 2.45) is 0 Å². The van der Waals surface area contributed by atoms with E-state index in [9.17, 15) is 4.79 Å². The maximum atomic E-state index is 12.4.